The van der Waals surface area contributed by atoms with Crippen LogP contribution in [0.25, 0.3) is 0 Å². The predicted octanol–water partition coefficient (Wildman–Crippen LogP) is 2.97. The van der Waals surface area contributed by atoms with Gasteiger partial charge < -0.3 is 9.25 Å². The molecule has 1 aromatic rings. The van der Waals surface area contributed by atoms with Gasteiger partial charge in [-0.1, -0.05) is 24.8 Å². The fraction of sp³-hybridized carbons (Fsp3) is 0.500. The standard InChI is InChI=1S/C10H17NO2Si/c1-14(2,3)8-7-13-11-9-10-5-4-6-12-10/h4-6,9H,7-8H2,1-3H3/b11-9+. The van der Waals surface area contributed by atoms with E-state index < -0.39 is 8.07 Å². The van der Waals surface area contributed by atoms with E-state index in [-0.39, 0.29) is 0 Å². The highest BCUT2D eigenvalue weighted by molar-refractivity contribution is 6.76. The molecule has 14 heavy (non-hydrogen) atoms. The molecule has 4 heteroatoms. The second-order valence-corrected chi connectivity index (χ2v) is 10.0. The summed E-state index contributed by atoms with van der Waals surface area (Å²) in [6, 6.07) is 4.79. The molecule has 78 valence electrons. The average Bonchev–Trinajstić information content (AvgIpc) is 2.54. The monoisotopic (exact) mass is 211 g/mol. The van der Waals surface area contributed by atoms with Crippen molar-refractivity contribution in [2.45, 2.75) is 25.7 Å². The predicted molar refractivity (Wildman–Crippen MR) is 60.4 cm³/mol. The van der Waals surface area contributed by atoms with E-state index in [2.05, 4.69) is 24.8 Å². The fourth-order valence-electron chi connectivity index (χ4n) is 0.858. The molecule has 3 nitrogen and oxygen atoms in total. The molecule has 0 radical (unpaired) electrons. The quantitative estimate of drug-likeness (QED) is 0.325. The molecule has 1 rings (SSSR count). The second kappa shape index (κ2) is 5.00. The maximum Gasteiger partial charge on any atom is 0.148 e. The third-order valence-electron chi connectivity index (χ3n) is 1.74. The van der Waals surface area contributed by atoms with Crippen molar-refractivity contribution in [3.63, 3.8) is 0 Å². The van der Waals surface area contributed by atoms with Crippen molar-refractivity contribution >= 4 is 14.3 Å². The van der Waals surface area contributed by atoms with Gasteiger partial charge in [0.1, 0.15) is 18.6 Å². The number of oxime groups is 1. The Hall–Kier alpha value is -1.03. The number of furan rings is 1. The largest absolute Gasteiger partial charge is 0.463 e. The first kappa shape index (κ1) is 11.0. The molecule has 1 heterocycles. The van der Waals surface area contributed by atoms with Crippen molar-refractivity contribution < 1.29 is 9.25 Å². The van der Waals surface area contributed by atoms with E-state index in [1.807, 2.05) is 12.1 Å². The summed E-state index contributed by atoms with van der Waals surface area (Å²) in [7, 11) is -0.996. The molecular weight excluding hydrogens is 194 g/mol. The fourth-order valence-corrected chi connectivity index (χ4v) is 1.56. The lowest BCUT2D eigenvalue weighted by atomic mass is 10.5. The highest BCUT2D eigenvalue weighted by Crippen LogP contribution is 2.07. The molecule has 0 aliphatic rings. The first-order chi connectivity index (χ1) is 6.58. The molecule has 0 spiro atoms. The van der Waals surface area contributed by atoms with E-state index >= 15 is 0 Å². The minimum absolute atomic E-state index is 0.701. The average molecular weight is 211 g/mol. The topological polar surface area (TPSA) is 34.7 Å². The summed E-state index contributed by atoms with van der Waals surface area (Å²) in [5, 5.41) is 3.82. The Kier molecular flexibility index (Phi) is 3.94. The number of nitrogens with zero attached hydrogens (tertiary/aromatic N) is 1. The first-order valence-electron chi connectivity index (χ1n) is 4.77. The minimum Gasteiger partial charge on any atom is -0.463 e. The van der Waals surface area contributed by atoms with Crippen LogP contribution < -0.4 is 0 Å². The third-order valence-corrected chi connectivity index (χ3v) is 3.45. The van der Waals surface area contributed by atoms with Crippen molar-refractivity contribution in [2.75, 3.05) is 6.61 Å². The summed E-state index contributed by atoms with van der Waals surface area (Å²) in [6.45, 7) is 7.64. The van der Waals surface area contributed by atoms with Crippen molar-refractivity contribution in [1.29, 1.82) is 0 Å². The van der Waals surface area contributed by atoms with Crippen LogP contribution in [0.5, 0.6) is 0 Å². The van der Waals surface area contributed by atoms with Crippen molar-refractivity contribution in [3.05, 3.63) is 24.2 Å². The Morgan fingerprint density at radius 2 is 2.29 bits per heavy atom. The molecule has 0 saturated carbocycles. The van der Waals surface area contributed by atoms with Crippen LogP contribution in [0.2, 0.25) is 25.7 Å². The lowest BCUT2D eigenvalue weighted by Gasteiger charge is -2.13. The van der Waals surface area contributed by atoms with Crippen LogP contribution in [0.3, 0.4) is 0 Å². The Balaban J connectivity index is 2.16. The number of rotatable bonds is 5. The highest BCUT2D eigenvalue weighted by atomic mass is 28.3. The lowest BCUT2D eigenvalue weighted by Crippen LogP contribution is -2.21. The summed E-state index contributed by atoms with van der Waals surface area (Å²) in [6.07, 6.45) is 3.20. The van der Waals surface area contributed by atoms with Gasteiger partial charge in [-0.3, -0.25) is 0 Å². The second-order valence-electron chi connectivity index (χ2n) is 4.39. The number of hydrogen-bond acceptors (Lipinski definition) is 3. The molecule has 0 unspecified atom stereocenters. The summed E-state index contributed by atoms with van der Waals surface area (Å²) >= 11 is 0. The summed E-state index contributed by atoms with van der Waals surface area (Å²) in [4.78, 5) is 5.13. The Morgan fingerprint density at radius 3 is 2.86 bits per heavy atom. The third kappa shape index (κ3) is 4.86. The Labute approximate surface area is 85.8 Å². The zero-order chi connectivity index (χ0) is 10.4. The maximum atomic E-state index is 5.13. The van der Waals surface area contributed by atoms with Crippen molar-refractivity contribution in [3.8, 4) is 0 Å². The Bertz CT molecular complexity index is 275. The van der Waals surface area contributed by atoms with Crippen LogP contribution in [-0.2, 0) is 4.84 Å². The van der Waals surface area contributed by atoms with Crippen molar-refractivity contribution in [1.82, 2.24) is 0 Å². The Morgan fingerprint density at radius 1 is 1.50 bits per heavy atom. The van der Waals surface area contributed by atoms with Gasteiger partial charge in [-0.15, -0.1) is 0 Å². The minimum atomic E-state index is -0.996. The van der Waals surface area contributed by atoms with Gasteiger partial charge in [-0.25, -0.2) is 0 Å². The molecule has 0 N–H and O–H groups in total. The van der Waals surface area contributed by atoms with Gasteiger partial charge in [0.2, 0.25) is 0 Å². The first-order valence-corrected chi connectivity index (χ1v) is 8.47. The van der Waals surface area contributed by atoms with Gasteiger partial charge in [-0.2, -0.15) is 0 Å². The molecule has 0 aliphatic carbocycles. The highest BCUT2D eigenvalue weighted by Gasteiger charge is 2.11. The molecule has 0 fully saturated rings. The SMILES string of the molecule is C[Si](C)(C)CCO/N=C/c1ccco1. The van der Waals surface area contributed by atoms with Gasteiger partial charge >= 0.3 is 0 Å². The van der Waals surface area contributed by atoms with Crippen LogP contribution in [0, 0.1) is 0 Å². The molecule has 0 saturated heterocycles. The zero-order valence-corrected chi connectivity index (χ0v) is 9.99. The van der Waals surface area contributed by atoms with E-state index in [1.165, 1.54) is 0 Å². The van der Waals surface area contributed by atoms with Gasteiger partial charge in [0.25, 0.3) is 0 Å². The van der Waals surface area contributed by atoms with Gasteiger partial charge in [0.05, 0.1) is 6.26 Å². The maximum absolute atomic E-state index is 5.13. The smallest absolute Gasteiger partial charge is 0.148 e. The zero-order valence-electron chi connectivity index (χ0n) is 8.99. The van der Waals surface area contributed by atoms with Crippen LogP contribution in [0.4, 0.5) is 0 Å². The van der Waals surface area contributed by atoms with E-state index in [9.17, 15) is 0 Å². The van der Waals surface area contributed by atoms with E-state index in [0.717, 1.165) is 11.8 Å². The lowest BCUT2D eigenvalue weighted by molar-refractivity contribution is 0.159. The van der Waals surface area contributed by atoms with Crippen molar-refractivity contribution in [2.24, 2.45) is 5.16 Å². The van der Waals surface area contributed by atoms with E-state index in [1.54, 1.807) is 12.5 Å². The molecule has 0 aliphatic heterocycles. The summed E-state index contributed by atoms with van der Waals surface area (Å²) in [5.41, 5.74) is 0. The van der Waals surface area contributed by atoms with Gasteiger partial charge in [0, 0.05) is 8.07 Å². The summed E-state index contributed by atoms with van der Waals surface area (Å²) in [5.74, 6) is 0.720. The molecule has 1 aromatic heterocycles. The molecule has 0 aromatic carbocycles. The van der Waals surface area contributed by atoms with Crippen LogP contribution in [0.1, 0.15) is 5.76 Å². The normalized spacial score (nSPS) is 12.2. The van der Waals surface area contributed by atoms with Gasteiger partial charge in [-0.05, 0) is 18.2 Å². The van der Waals surface area contributed by atoms with Gasteiger partial charge in [0.15, 0.2) is 0 Å². The molecule has 0 atom stereocenters. The molecule has 0 bridgehead atoms. The van der Waals surface area contributed by atoms with Crippen LogP contribution in [-0.4, -0.2) is 20.9 Å². The van der Waals surface area contributed by atoms with E-state index in [4.69, 9.17) is 9.25 Å². The molecule has 0 amide bonds. The summed E-state index contributed by atoms with van der Waals surface area (Å²) < 4.78 is 5.06. The number of hydrogen-bond donors (Lipinski definition) is 0. The van der Waals surface area contributed by atoms with E-state index in [0.29, 0.717) is 6.61 Å². The van der Waals surface area contributed by atoms with Crippen LogP contribution >= 0.6 is 0 Å². The molecular formula is C10H17NO2Si. The van der Waals surface area contributed by atoms with Crippen LogP contribution in [0.15, 0.2) is 28.0 Å².